The second-order valence-electron chi connectivity index (χ2n) is 3.78. The van der Waals surface area contributed by atoms with Crippen LogP contribution in [0.25, 0.3) is 0 Å². The molecule has 2 unspecified atom stereocenters. The van der Waals surface area contributed by atoms with Gasteiger partial charge in [-0.25, -0.2) is 0 Å². The summed E-state index contributed by atoms with van der Waals surface area (Å²) < 4.78 is 15.5. The molecule has 0 amide bonds. The summed E-state index contributed by atoms with van der Waals surface area (Å²) in [5.41, 5.74) is 0. The average Bonchev–Trinajstić information content (AvgIpc) is 2.80. The highest BCUT2D eigenvalue weighted by molar-refractivity contribution is 5.75. The van der Waals surface area contributed by atoms with Crippen molar-refractivity contribution in [3.8, 4) is 0 Å². The Hall–Kier alpha value is -0.650. The highest BCUT2D eigenvalue weighted by Gasteiger charge is 2.20. The maximum Gasteiger partial charge on any atom is 0.322 e. The first-order valence-electron chi connectivity index (χ1n) is 5.78. The molecule has 5 heteroatoms. The zero-order valence-electron chi connectivity index (χ0n) is 10.0. The average molecular weight is 231 g/mol. The standard InChI is InChI=1S/C11H21NO4/c1-3-12-10(11(13)14-2)5-7-16-9-4-6-15-8-9/h9-10,12H,3-8H2,1-2H3. The van der Waals surface area contributed by atoms with Crippen LogP contribution in [0.5, 0.6) is 0 Å². The van der Waals surface area contributed by atoms with Gasteiger partial charge in [0.2, 0.25) is 0 Å². The van der Waals surface area contributed by atoms with Gasteiger partial charge in [0.25, 0.3) is 0 Å². The number of ether oxygens (including phenoxy) is 3. The number of carbonyl (C=O) groups excluding carboxylic acids is 1. The topological polar surface area (TPSA) is 56.8 Å². The number of nitrogens with one attached hydrogen (secondary N) is 1. The van der Waals surface area contributed by atoms with Crippen LogP contribution < -0.4 is 5.32 Å². The third kappa shape index (κ3) is 4.47. The van der Waals surface area contributed by atoms with Gasteiger partial charge in [-0.05, 0) is 19.4 Å². The van der Waals surface area contributed by atoms with Gasteiger partial charge in [-0.1, -0.05) is 6.92 Å². The molecule has 1 N–H and O–H groups in total. The minimum Gasteiger partial charge on any atom is -0.468 e. The molecule has 1 saturated heterocycles. The predicted molar refractivity (Wildman–Crippen MR) is 59.3 cm³/mol. The summed E-state index contributed by atoms with van der Waals surface area (Å²) in [7, 11) is 1.40. The molecule has 16 heavy (non-hydrogen) atoms. The van der Waals surface area contributed by atoms with Crippen molar-refractivity contribution in [2.24, 2.45) is 0 Å². The van der Waals surface area contributed by atoms with Crippen molar-refractivity contribution in [3.05, 3.63) is 0 Å². The molecule has 1 fully saturated rings. The van der Waals surface area contributed by atoms with E-state index in [1.807, 2.05) is 6.92 Å². The zero-order chi connectivity index (χ0) is 11.8. The van der Waals surface area contributed by atoms with Gasteiger partial charge >= 0.3 is 5.97 Å². The van der Waals surface area contributed by atoms with Crippen molar-refractivity contribution in [1.82, 2.24) is 5.32 Å². The largest absolute Gasteiger partial charge is 0.468 e. The van der Waals surface area contributed by atoms with Gasteiger partial charge in [0.05, 0.1) is 19.8 Å². The van der Waals surface area contributed by atoms with Crippen LogP contribution in [-0.2, 0) is 19.0 Å². The van der Waals surface area contributed by atoms with Crippen molar-refractivity contribution in [1.29, 1.82) is 0 Å². The van der Waals surface area contributed by atoms with E-state index in [-0.39, 0.29) is 18.1 Å². The Kier molecular flexibility index (Phi) is 6.37. The van der Waals surface area contributed by atoms with Crippen molar-refractivity contribution >= 4 is 5.97 Å². The van der Waals surface area contributed by atoms with Gasteiger partial charge in [0.1, 0.15) is 6.04 Å². The summed E-state index contributed by atoms with van der Waals surface area (Å²) in [6.45, 7) is 4.71. The summed E-state index contributed by atoms with van der Waals surface area (Å²) in [6.07, 6.45) is 1.78. The number of methoxy groups -OCH3 is 1. The molecule has 0 bridgehead atoms. The fraction of sp³-hybridized carbons (Fsp3) is 0.909. The summed E-state index contributed by atoms with van der Waals surface area (Å²) in [4.78, 5) is 11.4. The number of esters is 1. The minimum absolute atomic E-state index is 0.194. The third-order valence-corrected chi connectivity index (χ3v) is 2.58. The Morgan fingerprint density at radius 1 is 1.62 bits per heavy atom. The Labute approximate surface area is 96.4 Å². The quantitative estimate of drug-likeness (QED) is 0.640. The van der Waals surface area contributed by atoms with Crippen LogP contribution in [0.15, 0.2) is 0 Å². The normalized spacial score (nSPS) is 22.0. The van der Waals surface area contributed by atoms with Crippen LogP contribution in [0.3, 0.4) is 0 Å². The molecule has 0 aromatic carbocycles. The zero-order valence-corrected chi connectivity index (χ0v) is 10.0. The molecule has 94 valence electrons. The maximum absolute atomic E-state index is 11.4. The Bertz CT molecular complexity index is 204. The van der Waals surface area contributed by atoms with E-state index in [0.717, 1.165) is 19.6 Å². The van der Waals surface area contributed by atoms with Crippen LogP contribution in [-0.4, -0.2) is 51.6 Å². The molecule has 0 spiro atoms. The molecular formula is C11H21NO4. The van der Waals surface area contributed by atoms with E-state index in [1.165, 1.54) is 7.11 Å². The first-order chi connectivity index (χ1) is 7.77. The van der Waals surface area contributed by atoms with E-state index in [2.05, 4.69) is 5.32 Å². The molecule has 0 aromatic rings. The molecule has 0 radical (unpaired) electrons. The van der Waals surface area contributed by atoms with Gasteiger partial charge in [-0.2, -0.15) is 0 Å². The fourth-order valence-corrected chi connectivity index (χ4v) is 1.69. The van der Waals surface area contributed by atoms with E-state index in [9.17, 15) is 4.79 Å². The maximum atomic E-state index is 11.4. The lowest BCUT2D eigenvalue weighted by atomic mass is 10.2. The number of hydrogen-bond acceptors (Lipinski definition) is 5. The molecule has 1 heterocycles. The molecule has 1 rings (SSSR count). The SMILES string of the molecule is CCNC(CCOC1CCOC1)C(=O)OC. The van der Waals surface area contributed by atoms with Crippen LogP contribution in [0, 0.1) is 0 Å². The van der Waals surface area contributed by atoms with E-state index < -0.39 is 0 Å². The van der Waals surface area contributed by atoms with Gasteiger partial charge in [0, 0.05) is 13.2 Å². The first kappa shape index (κ1) is 13.4. The lowest BCUT2D eigenvalue weighted by Crippen LogP contribution is -2.38. The molecule has 0 aromatic heterocycles. The first-order valence-corrected chi connectivity index (χ1v) is 5.78. The van der Waals surface area contributed by atoms with Crippen molar-refractivity contribution in [2.45, 2.75) is 31.9 Å². The smallest absolute Gasteiger partial charge is 0.322 e. The highest BCUT2D eigenvalue weighted by Crippen LogP contribution is 2.09. The lowest BCUT2D eigenvalue weighted by molar-refractivity contribution is -0.143. The Balaban J connectivity index is 2.18. The molecular weight excluding hydrogens is 210 g/mol. The van der Waals surface area contributed by atoms with Crippen LogP contribution in [0.2, 0.25) is 0 Å². The molecule has 1 aliphatic heterocycles. The Morgan fingerprint density at radius 3 is 3.00 bits per heavy atom. The lowest BCUT2D eigenvalue weighted by Gasteiger charge is -2.16. The minimum atomic E-state index is -0.266. The van der Waals surface area contributed by atoms with E-state index >= 15 is 0 Å². The number of likely N-dealkylation sites (N-methyl/N-ethyl adjacent to an activating group) is 1. The van der Waals surface area contributed by atoms with E-state index in [4.69, 9.17) is 14.2 Å². The van der Waals surface area contributed by atoms with Crippen LogP contribution >= 0.6 is 0 Å². The monoisotopic (exact) mass is 231 g/mol. The van der Waals surface area contributed by atoms with E-state index in [0.29, 0.717) is 19.6 Å². The van der Waals surface area contributed by atoms with Gasteiger partial charge < -0.3 is 19.5 Å². The van der Waals surface area contributed by atoms with Gasteiger partial charge in [-0.15, -0.1) is 0 Å². The number of hydrogen-bond donors (Lipinski definition) is 1. The fourth-order valence-electron chi connectivity index (χ4n) is 1.69. The van der Waals surface area contributed by atoms with Crippen molar-refractivity contribution < 1.29 is 19.0 Å². The van der Waals surface area contributed by atoms with Crippen molar-refractivity contribution in [2.75, 3.05) is 33.5 Å². The van der Waals surface area contributed by atoms with E-state index in [1.54, 1.807) is 0 Å². The Morgan fingerprint density at radius 2 is 2.44 bits per heavy atom. The summed E-state index contributed by atoms with van der Waals surface area (Å²) in [5.74, 6) is -0.229. The van der Waals surface area contributed by atoms with Crippen LogP contribution in [0.4, 0.5) is 0 Å². The summed E-state index contributed by atoms with van der Waals surface area (Å²) in [6, 6.07) is -0.266. The predicted octanol–water partition coefficient (Wildman–Crippen LogP) is 0.333. The molecule has 2 atom stereocenters. The molecule has 0 aliphatic carbocycles. The second kappa shape index (κ2) is 7.60. The van der Waals surface area contributed by atoms with Crippen molar-refractivity contribution in [3.63, 3.8) is 0 Å². The highest BCUT2D eigenvalue weighted by atomic mass is 16.5. The molecule has 5 nitrogen and oxygen atoms in total. The number of carbonyl (C=O) groups is 1. The second-order valence-corrected chi connectivity index (χ2v) is 3.78. The molecule has 1 aliphatic rings. The summed E-state index contributed by atoms with van der Waals surface area (Å²) in [5, 5.41) is 3.07. The molecule has 0 saturated carbocycles. The summed E-state index contributed by atoms with van der Waals surface area (Å²) >= 11 is 0. The van der Waals surface area contributed by atoms with Gasteiger partial charge in [-0.3, -0.25) is 4.79 Å². The van der Waals surface area contributed by atoms with Crippen LogP contribution in [0.1, 0.15) is 19.8 Å². The van der Waals surface area contributed by atoms with Gasteiger partial charge in [0.15, 0.2) is 0 Å². The number of rotatable bonds is 7. The third-order valence-electron chi connectivity index (χ3n) is 2.58.